The molecule has 1 nitrogen and oxygen atoms in total. The fourth-order valence-corrected chi connectivity index (χ4v) is 1.53. The van der Waals surface area contributed by atoms with Gasteiger partial charge in [0, 0.05) is 6.07 Å². The summed E-state index contributed by atoms with van der Waals surface area (Å²) in [6.07, 6.45) is -4.70. The van der Waals surface area contributed by atoms with Gasteiger partial charge in [-0.1, -0.05) is 17.7 Å². The molecule has 0 amide bonds. The smallest absolute Gasteiger partial charge is 0.419 e. The maximum atomic E-state index is 13.3. The summed E-state index contributed by atoms with van der Waals surface area (Å²) in [6.45, 7) is 1.89. The number of hydrogen-bond acceptors (Lipinski definition) is 1. The van der Waals surface area contributed by atoms with E-state index in [1.807, 2.05) is 6.92 Å². The van der Waals surface area contributed by atoms with E-state index < -0.39 is 17.6 Å². The van der Waals surface area contributed by atoms with Crippen molar-refractivity contribution in [3.8, 4) is 11.5 Å². The molecule has 2 aromatic carbocycles. The summed E-state index contributed by atoms with van der Waals surface area (Å²) in [7, 11) is 0. The van der Waals surface area contributed by atoms with E-state index in [1.165, 1.54) is 0 Å². The van der Waals surface area contributed by atoms with Crippen molar-refractivity contribution in [3.05, 3.63) is 59.4 Å². The van der Waals surface area contributed by atoms with E-state index in [0.717, 1.165) is 17.7 Å². The van der Waals surface area contributed by atoms with Crippen LogP contribution in [0.3, 0.4) is 0 Å². The second kappa shape index (κ2) is 4.91. The molecule has 0 fully saturated rings. The normalized spacial score (nSPS) is 11.4. The van der Waals surface area contributed by atoms with Crippen LogP contribution in [-0.4, -0.2) is 0 Å². The molecule has 100 valence electrons. The lowest BCUT2D eigenvalue weighted by molar-refractivity contribution is -0.140. The number of aryl methyl sites for hydroxylation is 1. The zero-order valence-electron chi connectivity index (χ0n) is 9.96. The lowest BCUT2D eigenvalue weighted by Gasteiger charge is -2.10. The lowest BCUT2D eigenvalue weighted by atomic mass is 10.2. The van der Waals surface area contributed by atoms with Crippen molar-refractivity contribution in [2.24, 2.45) is 0 Å². The second-order valence-electron chi connectivity index (χ2n) is 4.05. The van der Waals surface area contributed by atoms with Gasteiger partial charge in [0.1, 0.15) is 17.3 Å². The molecule has 0 bridgehead atoms. The maximum Gasteiger partial charge on any atom is 0.419 e. The zero-order chi connectivity index (χ0) is 14.0. The van der Waals surface area contributed by atoms with Gasteiger partial charge in [-0.2, -0.15) is 13.2 Å². The fourth-order valence-electron chi connectivity index (χ4n) is 1.53. The Morgan fingerprint density at radius 1 is 0.895 bits per heavy atom. The van der Waals surface area contributed by atoms with E-state index >= 15 is 0 Å². The van der Waals surface area contributed by atoms with E-state index in [-0.39, 0.29) is 5.75 Å². The molecule has 0 aliphatic carbocycles. The molecule has 2 rings (SSSR count). The Labute approximate surface area is 107 Å². The highest BCUT2D eigenvalue weighted by molar-refractivity contribution is 5.35. The Morgan fingerprint density at radius 3 is 2.00 bits per heavy atom. The molecule has 0 aromatic heterocycles. The van der Waals surface area contributed by atoms with Crippen molar-refractivity contribution in [1.29, 1.82) is 0 Å². The second-order valence-corrected chi connectivity index (χ2v) is 4.05. The van der Waals surface area contributed by atoms with Crippen LogP contribution >= 0.6 is 0 Å². The highest BCUT2D eigenvalue weighted by Gasteiger charge is 2.34. The molecular formula is C14H10F4O. The summed E-state index contributed by atoms with van der Waals surface area (Å²) in [5, 5.41) is 0. The number of rotatable bonds is 2. The van der Waals surface area contributed by atoms with Crippen LogP contribution in [0.4, 0.5) is 17.6 Å². The van der Waals surface area contributed by atoms with Gasteiger partial charge in [0.15, 0.2) is 0 Å². The van der Waals surface area contributed by atoms with Gasteiger partial charge in [-0.15, -0.1) is 0 Å². The van der Waals surface area contributed by atoms with Crippen molar-refractivity contribution in [2.45, 2.75) is 13.1 Å². The molecule has 0 radical (unpaired) electrons. The van der Waals surface area contributed by atoms with Crippen molar-refractivity contribution in [1.82, 2.24) is 0 Å². The summed E-state index contributed by atoms with van der Waals surface area (Å²) >= 11 is 0. The number of ether oxygens (including phenoxy) is 1. The lowest BCUT2D eigenvalue weighted by Crippen LogP contribution is -2.07. The third-order valence-corrected chi connectivity index (χ3v) is 2.50. The first-order valence-corrected chi connectivity index (χ1v) is 5.47. The van der Waals surface area contributed by atoms with Crippen LogP contribution in [0, 0.1) is 12.7 Å². The number of hydrogen-bond donors (Lipinski definition) is 0. The van der Waals surface area contributed by atoms with E-state index in [1.54, 1.807) is 24.3 Å². The van der Waals surface area contributed by atoms with E-state index in [0.29, 0.717) is 11.8 Å². The number of halogens is 4. The SMILES string of the molecule is Cc1ccc(Oc2ccc(C(F)(F)F)c(F)c2)cc1. The van der Waals surface area contributed by atoms with Gasteiger partial charge < -0.3 is 4.74 Å². The standard InChI is InChI=1S/C14H10F4O/c1-9-2-4-10(5-3-9)19-11-6-7-12(13(15)8-11)14(16,17)18/h2-8H,1H3. The van der Waals surface area contributed by atoms with Gasteiger partial charge in [-0.3, -0.25) is 0 Å². The maximum absolute atomic E-state index is 13.3. The molecule has 5 heteroatoms. The third kappa shape index (κ3) is 3.24. The molecule has 2 aromatic rings. The summed E-state index contributed by atoms with van der Waals surface area (Å²) in [4.78, 5) is 0. The molecule has 0 aliphatic heterocycles. The Balaban J connectivity index is 2.23. The van der Waals surface area contributed by atoms with Gasteiger partial charge in [0.2, 0.25) is 0 Å². The summed E-state index contributed by atoms with van der Waals surface area (Å²) < 4.78 is 55.7. The van der Waals surface area contributed by atoms with Crippen LogP contribution in [-0.2, 0) is 6.18 Å². The van der Waals surface area contributed by atoms with Crippen LogP contribution < -0.4 is 4.74 Å². The van der Waals surface area contributed by atoms with Gasteiger partial charge in [-0.25, -0.2) is 4.39 Å². The monoisotopic (exact) mass is 270 g/mol. The third-order valence-electron chi connectivity index (χ3n) is 2.50. The van der Waals surface area contributed by atoms with Gasteiger partial charge in [-0.05, 0) is 31.2 Å². The predicted octanol–water partition coefficient (Wildman–Crippen LogP) is 4.95. The van der Waals surface area contributed by atoms with Crippen molar-refractivity contribution in [3.63, 3.8) is 0 Å². The van der Waals surface area contributed by atoms with Gasteiger partial charge in [0.05, 0.1) is 5.56 Å². The zero-order valence-corrected chi connectivity index (χ0v) is 9.96. The van der Waals surface area contributed by atoms with E-state index in [2.05, 4.69) is 0 Å². The van der Waals surface area contributed by atoms with Crippen LogP contribution in [0.2, 0.25) is 0 Å². The molecule has 0 unspecified atom stereocenters. The molecule has 0 saturated carbocycles. The number of alkyl halides is 3. The molecular weight excluding hydrogens is 260 g/mol. The van der Waals surface area contributed by atoms with Gasteiger partial charge in [0.25, 0.3) is 0 Å². The van der Waals surface area contributed by atoms with Crippen molar-refractivity contribution < 1.29 is 22.3 Å². The molecule has 0 saturated heterocycles. The minimum Gasteiger partial charge on any atom is -0.457 e. The molecule has 0 heterocycles. The molecule has 0 atom stereocenters. The largest absolute Gasteiger partial charge is 0.457 e. The number of benzene rings is 2. The first kappa shape index (κ1) is 13.4. The highest BCUT2D eigenvalue weighted by Crippen LogP contribution is 2.33. The Morgan fingerprint density at radius 2 is 1.47 bits per heavy atom. The Hall–Kier alpha value is -2.04. The Kier molecular flexibility index (Phi) is 3.46. The fraction of sp³-hybridized carbons (Fsp3) is 0.143. The minimum absolute atomic E-state index is 0.0225. The average Bonchev–Trinajstić information content (AvgIpc) is 2.30. The van der Waals surface area contributed by atoms with Crippen LogP contribution in [0.5, 0.6) is 11.5 Å². The van der Waals surface area contributed by atoms with Crippen LogP contribution in [0.1, 0.15) is 11.1 Å². The summed E-state index contributed by atoms with van der Waals surface area (Å²) in [6, 6.07) is 9.37. The first-order chi connectivity index (χ1) is 8.86. The summed E-state index contributed by atoms with van der Waals surface area (Å²) in [5.41, 5.74) is -0.283. The highest BCUT2D eigenvalue weighted by atomic mass is 19.4. The van der Waals surface area contributed by atoms with Crippen molar-refractivity contribution in [2.75, 3.05) is 0 Å². The molecule has 0 spiro atoms. The Bertz CT molecular complexity index is 573. The minimum atomic E-state index is -4.70. The predicted molar refractivity (Wildman–Crippen MR) is 62.7 cm³/mol. The van der Waals surface area contributed by atoms with Crippen molar-refractivity contribution >= 4 is 0 Å². The quantitative estimate of drug-likeness (QED) is 0.702. The molecule has 0 aliphatic rings. The van der Waals surface area contributed by atoms with Crippen LogP contribution in [0.15, 0.2) is 42.5 Å². The van der Waals surface area contributed by atoms with E-state index in [9.17, 15) is 17.6 Å². The summed E-state index contributed by atoms with van der Waals surface area (Å²) in [5.74, 6) is -0.892. The topological polar surface area (TPSA) is 9.23 Å². The van der Waals surface area contributed by atoms with Crippen LogP contribution in [0.25, 0.3) is 0 Å². The van der Waals surface area contributed by atoms with E-state index in [4.69, 9.17) is 4.74 Å². The molecule has 0 N–H and O–H groups in total. The average molecular weight is 270 g/mol. The van der Waals surface area contributed by atoms with Gasteiger partial charge >= 0.3 is 6.18 Å². The first-order valence-electron chi connectivity index (χ1n) is 5.47. The molecule has 19 heavy (non-hydrogen) atoms.